The van der Waals surface area contributed by atoms with Gasteiger partial charge in [0.2, 0.25) is 0 Å². The maximum atomic E-state index is 5.49. The normalized spacial score (nSPS) is 11.4. The molecule has 0 amide bonds. The highest BCUT2D eigenvalue weighted by Crippen LogP contribution is 2.20. The van der Waals surface area contributed by atoms with Crippen molar-refractivity contribution in [2.24, 2.45) is 4.99 Å². The number of guanidine groups is 1. The molecule has 3 rings (SSSR count). The summed E-state index contributed by atoms with van der Waals surface area (Å²) >= 11 is 0. The van der Waals surface area contributed by atoms with Gasteiger partial charge in [0.25, 0.3) is 0 Å². The lowest BCUT2D eigenvalue weighted by molar-refractivity contribution is 0.409. The second-order valence-corrected chi connectivity index (χ2v) is 7.14. The van der Waals surface area contributed by atoms with Gasteiger partial charge in [0.15, 0.2) is 5.96 Å². The topological polar surface area (TPSA) is 63.5 Å². The third-order valence-electron chi connectivity index (χ3n) is 4.89. The summed E-state index contributed by atoms with van der Waals surface area (Å²) < 4.78 is 7.68. The second kappa shape index (κ2) is 11.0. The number of aliphatic imine (C=N–C) groups is 1. The zero-order valence-corrected chi connectivity index (χ0v) is 18.1. The van der Waals surface area contributed by atoms with Crippen molar-refractivity contribution >= 4 is 5.96 Å². The van der Waals surface area contributed by atoms with Crippen molar-refractivity contribution in [1.82, 2.24) is 20.2 Å². The van der Waals surface area contributed by atoms with Gasteiger partial charge in [0, 0.05) is 31.0 Å². The molecule has 158 valence electrons. The quantitative estimate of drug-likeness (QED) is 0.421. The van der Waals surface area contributed by atoms with Crippen LogP contribution in [-0.4, -0.2) is 29.2 Å². The monoisotopic (exact) mass is 405 g/mol. The third-order valence-corrected chi connectivity index (χ3v) is 4.89. The van der Waals surface area contributed by atoms with Crippen LogP contribution in [0.5, 0.6) is 5.75 Å². The summed E-state index contributed by atoms with van der Waals surface area (Å²) in [6.45, 7) is 6.96. The standard InChI is InChI=1S/C24H31N5O/c1-4-25-24(27-17-21-11-10-19(2)16-22(21)30-3)28-18-23-26-13-15-29(23)14-12-20-8-6-5-7-9-20/h5-11,13,15-16H,4,12,14,17-18H2,1-3H3,(H2,25,27,28). The largest absolute Gasteiger partial charge is 0.496 e. The number of benzene rings is 2. The van der Waals surface area contributed by atoms with Gasteiger partial charge in [-0.15, -0.1) is 0 Å². The van der Waals surface area contributed by atoms with E-state index in [-0.39, 0.29) is 0 Å². The zero-order chi connectivity index (χ0) is 21.2. The van der Waals surface area contributed by atoms with Crippen LogP contribution in [0.1, 0.15) is 29.4 Å². The first-order valence-corrected chi connectivity index (χ1v) is 10.4. The van der Waals surface area contributed by atoms with Crippen LogP contribution in [0.2, 0.25) is 0 Å². The number of aromatic nitrogens is 2. The molecule has 6 nitrogen and oxygen atoms in total. The summed E-state index contributed by atoms with van der Waals surface area (Å²) in [5, 5.41) is 6.70. The lowest BCUT2D eigenvalue weighted by Crippen LogP contribution is -2.37. The Bertz CT molecular complexity index is 949. The van der Waals surface area contributed by atoms with E-state index in [0.717, 1.165) is 42.6 Å². The summed E-state index contributed by atoms with van der Waals surface area (Å²) in [6.07, 6.45) is 4.86. The number of nitrogens with zero attached hydrogens (tertiary/aromatic N) is 3. The SMILES string of the molecule is CCNC(=NCc1ccc(C)cc1OC)NCc1nccn1CCc1ccccc1. The summed E-state index contributed by atoms with van der Waals surface area (Å²) in [6, 6.07) is 16.7. The maximum absolute atomic E-state index is 5.49. The fourth-order valence-electron chi connectivity index (χ4n) is 3.26. The van der Waals surface area contributed by atoms with Crippen LogP contribution >= 0.6 is 0 Å². The molecule has 2 aromatic carbocycles. The highest BCUT2D eigenvalue weighted by atomic mass is 16.5. The molecule has 0 aliphatic rings. The molecule has 1 aromatic heterocycles. The van der Waals surface area contributed by atoms with E-state index in [1.165, 1.54) is 11.1 Å². The van der Waals surface area contributed by atoms with Gasteiger partial charge in [-0.25, -0.2) is 9.98 Å². The zero-order valence-electron chi connectivity index (χ0n) is 18.1. The molecule has 0 spiro atoms. The van der Waals surface area contributed by atoms with E-state index >= 15 is 0 Å². The molecular weight excluding hydrogens is 374 g/mol. The van der Waals surface area contributed by atoms with Crippen molar-refractivity contribution in [3.8, 4) is 5.75 Å². The smallest absolute Gasteiger partial charge is 0.191 e. The Morgan fingerprint density at radius 3 is 2.73 bits per heavy atom. The molecule has 0 unspecified atom stereocenters. The summed E-state index contributed by atoms with van der Waals surface area (Å²) in [5.74, 6) is 2.62. The van der Waals surface area contributed by atoms with E-state index in [0.29, 0.717) is 13.1 Å². The fourth-order valence-corrected chi connectivity index (χ4v) is 3.26. The minimum atomic E-state index is 0.543. The van der Waals surface area contributed by atoms with Crippen LogP contribution in [0.15, 0.2) is 65.9 Å². The predicted octanol–water partition coefficient (Wildman–Crippen LogP) is 3.70. The molecule has 3 aromatic rings. The first kappa shape index (κ1) is 21.4. The van der Waals surface area contributed by atoms with Gasteiger partial charge in [-0.1, -0.05) is 42.5 Å². The number of imidazole rings is 1. The first-order valence-electron chi connectivity index (χ1n) is 10.4. The molecule has 2 N–H and O–H groups in total. The molecule has 0 fully saturated rings. The average Bonchev–Trinajstić information content (AvgIpc) is 3.23. The average molecular weight is 406 g/mol. The van der Waals surface area contributed by atoms with Gasteiger partial charge >= 0.3 is 0 Å². The van der Waals surface area contributed by atoms with Crippen LogP contribution < -0.4 is 15.4 Å². The minimum absolute atomic E-state index is 0.543. The summed E-state index contributed by atoms with van der Waals surface area (Å²) in [7, 11) is 1.70. The Balaban J connectivity index is 1.61. The second-order valence-electron chi connectivity index (χ2n) is 7.14. The van der Waals surface area contributed by atoms with Crippen LogP contribution in [0.4, 0.5) is 0 Å². The molecule has 0 bridgehead atoms. The third kappa shape index (κ3) is 6.11. The van der Waals surface area contributed by atoms with Crippen molar-refractivity contribution < 1.29 is 4.74 Å². The summed E-state index contributed by atoms with van der Waals surface area (Å²) in [4.78, 5) is 9.24. The van der Waals surface area contributed by atoms with Crippen molar-refractivity contribution in [2.45, 2.75) is 39.9 Å². The number of aryl methyl sites for hydroxylation is 3. The Kier molecular flexibility index (Phi) is 7.89. The van der Waals surface area contributed by atoms with Gasteiger partial charge in [-0.2, -0.15) is 0 Å². The van der Waals surface area contributed by atoms with Gasteiger partial charge in [-0.05, 0) is 37.5 Å². The molecule has 0 aliphatic carbocycles. The lowest BCUT2D eigenvalue weighted by Gasteiger charge is -2.13. The van der Waals surface area contributed by atoms with Crippen LogP contribution in [0.25, 0.3) is 0 Å². The first-order chi connectivity index (χ1) is 14.7. The van der Waals surface area contributed by atoms with Crippen LogP contribution in [0, 0.1) is 6.92 Å². The predicted molar refractivity (Wildman–Crippen MR) is 122 cm³/mol. The highest BCUT2D eigenvalue weighted by molar-refractivity contribution is 5.79. The lowest BCUT2D eigenvalue weighted by atomic mass is 10.1. The van der Waals surface area contributed by atoms with E-state index in [9.17, 15) is 0 Å². The van der Waals surface area contributed by atoms with Gasteiger partial charge < -0.3 is 19.9 Å². The van der Waals surface area contributed by atoms with E-state index < -0.39 is 0 Å². The number of hydrogen-bond acceptors (Lipinski definition) is 3. The van der Waals surface area contributed by atoms with E-state index in [2.05, 4.69) is 70.4 Å². The van der Waals surface area contributed by atoms with Crippen molar-refractivity contribution in [3.05, 3.63) is 83.4 Å². The number of hydrogen-bond donors (Lipinski definition) is 2. The molecule has 0 saturated heterocycles. The highest BCUT2D eigenvalue weighted by Gasteiger charge is 2.07. The van der Waals surface area contributed by atoms with Crippen molar-refractivity contribution in [1.29, 1.82) is 0 Å². The minimum Gasteiger partial charge on any atom is -0.496 e. The van der Waals surface area contributed by atoms with Gasteiger partial charge in [0.05, 0.1) is 20.2 Å². The molecule has 1 heterocycles. The summed E-state index contributed by atoms with van der Waals surface area (Å²) in [5.41, 5.74) is 3.56. The molecule has 0 aliphatic heterocycles. The number of ether oxygens (including phenoxy) is 1. The van der Waals surface area contributed by atoms with E-state index in [1.807, 2.05) is 24.5 Å². The number of nitrogens with one attached hydrogen (secondary N) is 2. The number of methoxy groups -OCH3 is 1. The molecule has 0 saturated carbocycles. The Morgan fingerprint density at radius 1 is 1.13 bits per heavy atom. The van der Waals surface area contributed by atoms with Crippen LogP contribution in [0.3, 0.4) is 0 Å². The Morgan fingerprint density at radius 2 is 1.97 bits per heavy atom. The molecule has 0 radical (unpaired) electrons. The van der Waals surface area contributed by atoms with E-state index in [1.54, 1.807) is 7.11 Å². The fraction of sp³-hybridized carbons (Fsp3) is 0.333. The number of rotatable bonds is 9. The molecule has 0 atom stereocenters. The maximum Gasteiger partial charge on any atom is 0.191 e. The van der Waals surface area contributed by atoms with Crippen molar-refractivity contribution in [3.63, 3.8) is 0 Å². The van der Waals surface area contributed by atoms with Crippen molar-refractivity contribution in [2.75, 3.05) is 13.7 Å². The molecule has 6 heteroatoms. The molecule has 30 heavy (non-hydrogen) atoms. The Labute approximate surface area is 179 Å². The molecular formula is C24H31N5O. The van der Waals surface area contributed by atoms with Gasteiger partial charge in [-0.3, -0.25) is 0 Å². The van der Waals surface area contributed by atoms with E-state index in [4.69, 9.17) is 9.73 Å². The van der Waals surface area contributed by atoms with Gasteiger partial charge in [0.1, 0.15) is 11.6 Å². The Hall–Kier alpha value is -3.28. The van der Waals surface area contributed by atoms with Crippen LogP contribution in [-0.2, 0) is 26.1 Å².